The van der Waals surface area contributed by atoms with Crippen LogP contribution in [-0.4, -0.2) is 23.5 Å². The Kier molecular flexibility index (Phi) is 5.29. The summed E-state index contributed by atoms with van der Waals surface area (Å²) in [5, 5.41) is 9.23. The maximum absolute atomic E-state index is 11.7. The number of hydrogen-bond donors (Lipinski definition) is 2. The van der Waals surface area contributed by atoms with Crippen molar-refractivity contribution in [3.8, 4) is 0 Å². The Bertz CT molecular complexity index is 460. The normalized spacial score (nSPS) is 11.7. The number of carbonyl (C=O) groups excluding carboxylic acids is 2. The number of amides is 2. The van der Waals surface area contributed by atoms with Gasteiger partial charge in [-0.2, -0.15) is 0 Å². The van der Waals surface area contributed by atoms with Gasteiger partial charge >= 0.3 is 0 Å². The Morgan fingerprint density at radius 3 is 2.68 bits per heavy atom. The van der Waals surface area contributed by atoms with Gasteiger partial charge in [0.15, 0.2) is 0 Å². The van der Waals surface area contributed by atoms with Gasteiger partial charge in [-0.3, -0.25) is 9.59 Å². The lowest BCUT2D eigenvalue weighted by Crippen LogP contribution is -2.31. The van der Waals surface area contributed by atoms with Crippen molar-refractivity contribution < 1.29 is 14.1 Å². The molecule has 0 aliphatic heterocycles. The maximum Gasteiger partial charge on any atom is 0.243 e. The lowest BCUT2D eigenvalue weighted by Gasteiger charge is -2.13. The van der Waals surface area contributed by atoms with Crippen LogP contribution in [0.15, 0.2) is 17.2 Å². The van der Waals surface area contributed by atoms with E-state index in [1.165, 1.54) is 6.08 Å². The summed E-state index contributed by atoms with van der Waals surface area (Å²) in [6, 6.07) is -0.172. The fraction of sp³-hybridized carbons (Fsp3) is 0.462. The topological polar surface area (TPSA) is 84.2 Å². The minimum atomic E-state index is -0.286. The van der Waals surface area contributed by atoms with Gasteiger partial charge in [0, 0.05) is 18.5 Å². The van der Waals surface area contributed by atoms with E-state index in [1.54, 1.807) is 0 Å². The molecular weight excluding hydrogens is 246 g/mol. The molecule has 0 bridgehead atoms. The van der Waals surface area contributed by atoms with Gasteiger partial charge in [0.05, 0.1) is 11.7 Å². The molecule has 2 amide bonds. The molecule has 2 N–H and O–H groups in total. The first-order valence-corrected chi connectivity index (χ1v) is 6.08. The third-order valence-electron chi connectivity index (χ3n) is 2.74. The molecule has 0 saturated carbocycles. The highest BCUT2D eigenvalue weighted by molar-refractivity contribution is 5.87. The zero-order chi connectivity index (χ0) is 14.4. The fourth-order valence-electron chi connectivity index (χ4n) is 1.87. The van der Waals surface area contributed by atoms with Gasteiger partial charge in [-0.05, 0) is 26.8 Å². The molecule has 1 unspecified atom stereocenters. The third-order valence-corrected chi connectivity index (χ3v) is 2.74. The minimum absolute atomic E-state index is 0.142. The Labute approximate surface area is 112 Å². The van der Waals surface area contributed by atoms with E-state index in [0.717, 1.165) is 11.3 Å². The number of hydrogen-bond acceptors (Lipinski definition) is 4. The van der Waals surface area contributed by atoms with E-state index < -0.39 is 0 Å². The zero-order valence-corrected chi connectivity index (χ0v) is 11.4. The lowest BCUT2D eigenvalue weighted by atomic mass is 10.1. The summed E-state index contributed by atoms with van der Waals surface area (Å²) in [6.07, 6.45) is 1.39. The van der Waals surface area contributed by atoms with Crippen LogP contribution in [0.2, 0.25) is 0 Å². The van der Waals surface area contributed by atoms with Gasteiger partial charge in [0.1, 0.15) is 5.76 Å². The van der Waals surface area contributed by atoms with Crippen LogP contribution in [-0.2, 0) is 9.59 Å². The molecular formula is C13H19N3O3. The first-order chi connectivity index (χ1) is 8.95. The Morgan fingerprint density at radius 2 is 2.16 bits per heavy atom. The molecule has 6 heteroatoms. The van der Waals surface area contributed by atoms with Gasteiger partial charge in [-0.25, -0.2) is 0 Å². The van der Waals surface area contributed by atoms with E-state index in [4.69, 9.17) is 4.52 Å². The molecule has 0 fully saturated rings. The van der Waals surface area contributed by atoms with Crippen LogP contribution in [0, 0.1) is 13.8 Å². The first-order valence-electron chi connectivity index (χ1n) is 6.08. The van der Waals surface area contributed by atoms with Gasteiger partial charge in [0.25, 0.3) is 0 Å². The smallest absolute Gasteiger partial charge is 0.243 e. The number of aryl methyl sites for hydroxylation is 2. The Hall–Kier alpha value is -2.11. The molecule has 1 aromatic rings. The van der Waals surface area contributed by atoms with E-state index in [9.17, 15) is 9.59 Å². The van der Waals surface area contributed by atoms with Crippen molar-refractivity contribution in [2.45, 2.75) is 33.2 Å². The van der Waals surface area contributed by atoms with E-state index in [-0.39, 0.29) is 30.8 Å². The van der Waals surface area contributed by atoms with Crippen molar-refractivity contribution in [2.75, 3.05) is 6.54 Å². The highest BCUT2D eigenvalue weighted by Gasteiger charge is 2.17. The quantitative estimate of drug-likeness (QED) is 0.756. The average molecular weight is 265 g/mol. The second-order valence-electron chi connectivity index (χ2n) is 4.27. The second-order valence-corrected chi connectivity index (χ2v) is 4.27. The minimum Gasteiger partial charge on any atom is -0.361 e. The predicted octanol–water partition coefficient (Wildman–Crippen LogP) is 1.16. The van der Waals surface area contributed by atoms with Crippen molar-refractivity contribution in [1.82, 2.24) is 15.8 Å². The number of rotatable bonds is 6. The molecule has 19 heavy (non-hydrogen) atoms. The molecule has 1 aromatic heterocycles. The summed E-state index contributed by atoms with van der Waals surface area (Å²) in [5.41, 5.74) is 1.66. The molecule has 0 aliphatic rings. The summed E-state index contributed by atoms with van der Waals surface area (Å²) < 4.78 is 5.06. The van der Waals surface area contributed by atoms with Crippen LogP contribution in [0.25, 0.3) is 0 Å². The first kappa shape index (κ1) is 14.9. The Balaban J connectivity index is 2.44. The Morgan fingerprint density at radius 1 is 1.47 bits per heavy atom. The van der Waals surface area contributed by atoms with Crippen LogP contribution < -0.4 is 10.6 Å². The van der Waals surface area contributed by atoms with E-state index >= 15 is 0 Å². The van der Waals surface area contributed by atoms with Crippen molar-refractivity contribution in [3.05, 3.63) is 29.7 Å². The number of aromatic nitrogens is 1. The van der Waals surface area contributed by atoms with Crippen LogP contribution in [0.1, 0.15) is 36.4 Å². The fourth-order valence-corrected chi connectivity index (χ4v) is 1.87. The van der Waals surface area contributed by atoms with Crippen LogP contribution in [0.5, 0.6) is 0 Å². The van der Waals surface area contributed by atoms with E-state index in [0.29, 0.717) is 5.76 Å². The number of carbonyl (C=O) groups is 2. The van der Waals surface area contributed by atoms with Crippen molar-refractivity contribution >= 4 is 11.8 Å². The van der Waals surface area contributed by atoms with Crippen LogP contribution in [0.4, 0.5) is 0 Å². The molecule has 0 aliphatic carbocycles. The van der Waals surface area contributed by atoms with Gasteiger partial charge in [-0.1, -0.05) is 11.7 Å². The van der Waals surface area contributed by atoms with Crippen molar-refractivity contribution in [3.63, 3.8) is 0 Å². The number of nitrogens with one attached hydrogen (secondary N) is 2. The lowest BCUT2D eigenvalue weighted by molar-refractivity contribution is -0.121. The monoisotopic (exact) mass is 265 g/mol. The molecule has 1 heterocycles. The van der Waals surface area contributed by atoms with Gasteiger partial charge in [-0.15, -0.1) is 0 Å². The summed E-state index contributed by atoms with van der Waals surface area (Å²) >= 11 is 0. The summed E-state index contributed by atoms with van der Waals surface area (Å²) in [6.45, 7) is 9.12. The van der Waals surface area contributed by atoms with Crippen molar-refractivity contribution in [1.29, 1.82) is 0 Å². The van der Waals surface area contributed by atoms with Crippen LogP contribution in [0.3, 0.4) is 0 Å². The molecule has 0 aromatic carbocycles. The zero-order valence-electron chi connectivity index (χ0n) is 11.4. The van der Waals surface area contributed by atoms with Gasteiger partial charge < -0.3 is 15.2 Å². The van der Waals surface area contributed by atoms with E-state index in [2.05, 4.69) is 22.4 Å². The molecule has 0 spiro atoms. The third kappa shape index (κ3) is 4.24. The summed E-state index contributed by atoms with van der Waals surface area (Å²) in [4.78, 5) is 22.6. The highest BCUT2D eigenvalue weighted by Crippen LogP contribution is 2.20. The molecule has 0 saturated heterocycles. The maximum atomic E-state index is 11.7. The molecule has 1 rings (SSSR count). The van der Waals surface area contributed by atoms with Crippen molar-refractivity contribution in [2.24, 2.45) is 0 Å². The largest absolute Gasteiger partial charge is 0.361 e. The standard InChI is InChI=1S/C13H19N3O3/c1-5-11(17)14-7-6-12(18)15-8(2)13-9(3)16-19-10(13)4/h5,8H,1,6-7H2,2-4H3,(H,14,17)(H,15,18). The van der Waals surface area contributed by atoms with Gasteiger partial charge in [0.2, 0.25) is 11.8 Å². The van der Waals surface area contributed by atoms with Crippen LogP contribution >= 0.6 is 0 Å². The summed E-state index contributed by atoms with van der Waals surface area (Å²) in [5.74, 6) is 0.272. The molecule has 0 radical (unpaired) electrons. The predicted molar refractivity (Wildman–Crippen MR) is 70.4 cm³/mol. The highest BCUT2D eigenvalue weighted by atomic mass is 16.5. The van der Waals surface area contributed by atoms with E-state index in [1.807, 2.05) is 20.8 Å². The molecule has 104 valence electrons. The SMILES string of the molecule is C=CC(=O)NCCC(=O)NC(C)c1c(C)noc1C. The average Bonchev–Trinajstić information content (AvgIpc) is 2.68. The molecule has 1 atom stereocenters. The molecule has 6 nitrogen and oxygen atoms in total. The number of nitrogens with zero attached hydrogens (tertiary/aromatic N) is 1. The summed E-state index contributed by atoms with van der Waals surface area (Å²) in [7, 11) is 0. The second kappa shape index (κ2) is 6.72.